The van der Waals surface area contributed by atoms with Crippen molar-refractivity contribution in [2.75, 3.05) is 19.6 Å². The van der Waals surface area contributed by atoms with Gasteiger partial charge in [0.25, 0.3) is 0 Å². The Labute approximate surface area is 134 Å². The van der Waals surface area contributed by atoms with Crippen LogP contribution in [0.3, 0.4) is 0 Å². The van der Waals surface area contributed by atoms with E-state index in [0.717, 1.165) is 37.6 Å². The third kappa shape index (κ3) is 5.38. The monoisotopic (exact) mass is 295 g/mol. The third-order valence-corrected chi connectivity index (χ3v) is 3.68. The lowest BCUT2D eigenvalue weighted by Crippen LogP contribution is -2.23. The van der Waals surface area contributed by atoms with E-state index in [-0.39, 0.29) is 0 Å². The normalized spacial score (nSPS) is 11.2. The van der Waals surface area contributed by atoms with Crippen LogP contribution < -0.4 is 4.74 Å². The molecule has 0 aliphatic heterocycles. The first-order valence-corrected chi connectivity index (χ1v) is 8.03. The van der Waals surface area contributed by atoms with Crippen molar-refractivity contribution in [3.05, 3.63) is 66.2 Å². The Hall–Kier alpha value is -2.06. The highest BCUT2D eigenvalue weighted by molar-refractivity contribution is 5.50. The highest BCUT2D eigenvalue weighted by Gasteiger charge is 1.97. The fourth-order valence-corrected chi connectivity index (χ4v) is 2.29. The molecule has 116 valence electrons. The van der Waals surface area contributed by atoms with Crippen LogP contribution in [0.1, 0.15) is 25.8 Å². The molecule has 0 N–H and O–H groups in total. The van der Waals surface area contributed by atoms with Gasteiger partial charge >= 0.3 is 0 Å². The summed E-state index contributed by atoms with van der Waals surface area (Å²) in [7, 11) is 0. The summed E-state index contributed by atoms with van der Waals surface area (Å²) in [5, 5.41) is 0. The van der Waals surface area contributed by atoms with Gasteiger partial charge in [-0.1, -0.05) is 56.3 Å². The van der Waals surface area contributed by atoms with Gasteiger partial charge in [0.1, 0.15) is 11.5 Å². The van der Waals surface area contributed by atoms with Crippen LogP contribution in [0.15, 0.2) is 60.7 Å². The standard InChI is InChI=1S/C20H25NO/c1-3-21(4-2)17-9-8-10-18-13-15-20(16-14-18)22-19-11-6-5-7-12-19/h5-8,10-16H,3-4,9,17H2,1-2H3. The molecule has 0 aliphatic rings. The molecule has 0 unspecified atom stereocenters. The lowest BCUT2D eigenvalue weighted by molar-refractivity contribution is 0.310. The first kappa shape index (κ1) is 16.3. The van der Waals surface area contributed by atoms with E-state index in [4.69, 9.17) is 4.74 Å². The highest BCUT2D eigenvalue weighted by Crippen LogP contribution is 2.21. The predicted octanol–water partition coefficient (Wildman–Crippen LogP) is 5.22. The second kappa shape index (κ2) is 9.06. The zero-order valence-corrected chi connectivity index (χ0v) is 13.5. The van der Waals surface area contributed by atoms with Crippen LogP contribution in [0.4, 0.5) is 0 Å². The topological polar surface area (TPSA) is 12.5 Å². The zero-order valence-electron chi connectivity index (χ0n) is 13.5. The molecule has 2 aromatic carbocycles. The van der Waals surface area contributed by atoms with E-state index in [0.29, 0.717) is 0 Å². The minimum absolute atomic E-state index is 0.866. The first-order valence-electron chi connectivity index (χ1n) is 8.03. The molecule has 0 bridgehead atoms. The number of ether oxygens (including phenoxy) is 1. The van der Waals surface area contributed by atoms with Gasteiger partial charge in [-0.05, 0) is 49.3 Å². The molecular formula is C20H25NO. The van der Waals surface area contributed by atoms with Crippen LogP contribution in [-0.2, 0) is 0 Å². The van der Waals surface area contributed by atoms with E-state index in [2.05, 4.69) is 43.0 Å². The van der Waals surface area contributed by atoms with Gasteiger partial charge in [0.15, 0.2) is 0 Å². The van der Waals surface area contributed by atoms with Crippen molar-refractivity contribution in [3.8, 4) is 11.5 Å². The summed E-state index contributed by atoms with van der Waals surface area (Å²) in [6.07, 6.45) is 5.51. The third-order valence-electron chi connectivity index (χ3n) is 3.68. The second-order valence-corrected chi connectivity index (χ2v) is 5.20. The average molecular weight is 295 g/mol. The molecule has 2 aromatic rings. The molecule has 0 aliphatic carbocycles. The summed E-state index contributed by atoms with van der Waals surface area (Å²) >= 11 is 0. The second-order valence-electron chi connectivity index (χ2n) is 5.20. The van der Waals surface area contributed by atoms with Crippen LogP contribution in [0, 0.1) is 0 Å². The van der Waals surface area contributed by atoms with Crippen molar-refractivity contribution in [2.24, 2.45) is 0 Å². The van der Waals surface area contributed by atoms with Gasteiger partial charge in [0, 0.05) is 6.54 Å². The van der Waals surface area contributed by atoms with Crippen LogP contribution in [0.25, 0.3) is 6.08 Å². The largest absolute Gasteiger partial charge is 0.457 e. The average Bonchev–Trinajstić information content (AvgIpc) is 2.57. The molecule has 22 heavy (non-hydrogen) atoms. The van der Waals surface area contributed by atoms with Gasteiger partial charge in [-0.2, -0.15) is 0 Å². The molecule has 0 heterocycles. The summed E-state index contributed by atoms with van der Waals surface area (Å²) in [6.45, 7) is 7.78. The SMILES string of the molecule is CCN(CC)CCC=Cc1ccc(Oc2ccccc2)cc1. The molecule has 0 aromatic heterocycles. The summed E-state index contributed by atoms with van der Waals surface area (Å²) in [5.74, 6) is 1.73. The highest BCUT2D eigenvalue weighted by atomic mass is 16.5. The Balaban J connectivity index is 1.84. The zero-order chi connectivity index (χ0) is 15.6. The Bertz CT molecular complexity index is 556. The maximum atomic E-state index is 5.79. The summed E-state index contributed by atoms with van der Waals surface area (Å²) < 4.78 is 5.79. The number of benzene rings is 2. The molecular weight excluding hydrogens is 270 g/mol. The van der Waals surface area contributed by atoms with Crippen molar-refractivity contribution in [3.63, 3.8) is 0 Å². The van der Waals surface area contributed by atoms with E-state index in [1.807, 2.05) is 42.5 Å². The maximum Gasteiger partial charge on any atom is 0.127 e. The van der Waals surface area contributed by atoms with Gasteiger partial charge in [-0.3, -0.25) is 0 Å². The molecule has 2 rings (SSSR count). The minimum Gasteiger partial charge on any atom is -0.457 e. The molecule has 0 saturated carbocycles. The Morgan fingerprint density at radius 2 is 1.50 bits per heavy atom. The van der Waals surface area contributed by atoms with E-state index >= 15 is 0 Å². The molecule has 2 nitrogen and oxygen atoms in total. The molecule has 0 fully saturated rings. The van der Waals surface area contributed by atoms with Crippen LogP contribution >= 0.6 is 0 Å². The number of nitrogens with zero attached hydrogens (tertiary/aromatic N) is 1. The fraction of sp³-hybridized carbons (Fsp3) is 0.300. The van der Waals surface area contributed by atoms with E-state index in [9.17, 15) is 0 Å². The van der Waals surface area contributed by atoms with Gasteiger partial charge in [0.05, 0.1) is 0 Å². The van der Waals surface area contributed by atoms with Gasteiger partial charge in [-0.15, -0.1) is 0 Å². The van der Waals surface area contributed by atoms with Crippen molar-refractivity contribution < 1.29 is 4.74 Å². The Morgan fingerprint density at radius 3 is 2.14 bits per heavy atom. The quantitative estimate of drug-likeness (QED) is 0.661. The van der Waals surface area contributed by atoms with E-state index < -0.39 is 0 Å². The smallest absolute Gasteiger partial charge is 0.127 e. The summed E-state index contributed by atoms with van der Waals surface area (Å²) in [5.41, 5.74) is 1.21. The molecule has 0 atom stereocenters. The number of para-hydroxylation sites is 1. The van der Waals surface area contributed by atoms with Crippen molar-refractivity contribution in [2.45, 2.75) is 20.3 Å². The lowest BCUT2D eigenvalue weighted by Gasteiger charge is -2.16. The number of hydrogen-bond donors (Lipinski definition) is 0. The van der Waals surface area contributed by atoms with Crippen LogP contribution in [0.2, 0.25) is 0 Å². The first-order chi connectivity index (χ1) is 10.8. The maximum absolute atomic E-state index is 5.79. The van der Waals surface area contributed by atoms with Gasteiger partial charge in [0.2, 0.25) is 0 Å². The molecule has 0 amide bonds. The van der Waals surface area contributed by atoms with Crippen LogP contribution in [0.5, 0.6) is 11.5 Å². The summed E-state index contributed by atoms with van der Waals surface area (Å²) in [4.78, 5) is 2.43. The molecule has 2 heteroatoms. The van der Waals surface area contributed by atoms with Crippen molar-refractivity contribution in [1.82, 2.24) is 4.90 Å². The molecule has 0 radical (unpaired) electrons. The lowest BCUT2D eigenvalue weighted by atomic mass is 10.2. The van der Waals surface area contributed by atoms with E-state index in [1.165, 1.54) is 5.56 Å². The van der Waals surface area contributed by atoms with Gasteiger partial charge in [-0.25, -0.2) is 0 Å². The van der Waals surface area contributed by atoms with Crippen molar-refractivity contribution >= 4 is 6.08 Å². The van der Waals surface area contributed by atoms with Gasteiger partial charge < -0.3 is 9.64 Å². The number of hydrogen-bond acceptors (Lipinski definition) is 2. The van der Waals surface area contributed by atoms with Crippen LogP contribution in [-0.4, -0.2) is 24.5 Å². The molecule has 0 saturated heterocycles. The Kier molecular flexibility index (Phi) is 6.72. The van der Waals surface area contributed by atoms with E-state index in [1.54, 1.807) is 0 Å². The minimum atomic E-state index is 0.866. The fourth-order valence-electron chi connectivity index (χ4n) is 2.29. The van der Waals surface area contributed by atoms with Crippen molar-refractivity contribution in [1.29, 1.82) is 0 Å². The Morgan fingerprint density at radius 1 is 0.864 bits per heavy atom. The predicted molar refractivity (Wildman–Crippen MR) is 94.4 cm³/mol. The summed E-state index contributed by atoms with van der Waals surface area (Å²) in [6, 6.07) is 18.1. The molecule has 0 spiro atoms. The number of rotatable bonds is 8.